The Morgan fingerprint density at radius 3 is 1.94 bits per heavy atom. The number of rotatable bonds is 6. The Bertz CT molecular complexity index is 257. The predicted octanol–water partition coefficient (Wildman–Crippen LogP) is 3.80. The lowest BCUT2D eigenvalue weighted by molar-refractivity contribution is -0.341. The molecule has 0 unspecified atom stereocenters. The van der Waals surface area contributed by atoms with Gasteiger partial charge in [-0.3, -0.25) is 0 Å². The molecule has 0 saturated carbocycles. The second-order valence-electron chi connectivity index (χ2n) is 3.17. The molecule has 0 amide bonds. The summed E-state index contributed by atoms with van der Waals surface area (Å²) in [6.07, 6.45) is -5.78. The van der Waals surface area contributed by atoms with Gasteiger partial charge in [0.15, 0.2) is 0 Å². The Morgan fingerprint density at radius 1 is 1.00 bits per heavy atom. The largest absolute Gasteiger partial charge is 0.460 e. The van der Waals surface area contributed by atoms with Crippen LogP contribution in [0, 0.1) is 0 Å². The maximum absolute atomic E-state index is 12.6. The van der Waals surface area contributed by atoms with E-state index in [2.05, 4.69) is 4.74 Å². The normalized spacial score (nSPS) is 14.6. The third kappa shape index (κ3) is 4.18. The van der Waals surface area contributed by atoms with Crippen molar-refractivity contribution < 1.29 is 35.5 Å². The summed E-state index contributed by atoms with van der Waals surface area (Å²) >= 11 is 0. The van der Waals surface area contributed by atoms with E-state index in [0.717, 1.165) is 0 Å². The van der Waals surface area contributed by atoms with Crippen LogP contribution in [0.1, 0.15) is 13.3 Å². The van der Waals surface area contributed by atoms with Gasteiger partial charge in [0.2, 0.25) is 0 Å². The molecule has 17 heavy (non-hydrogen) atoms. The van der Waals surface area contributed by atoms with Crippen LogP contribution in [0.15, 0.2) is 12.2 Å². The topological polar surface area (TPSA) is 9.23 Å². The Kier molecular flexibility index (Phi) is 5.44. The zero-order chi connectivity index (χ0) is 13.7. The highest BCUT2D eigenvalue weighted by atomic mass is 19.4. The van der Waals surface area contributed by atoms with E-state index in [1.165, 1.54) is 0 Å². The summed E-state index contributed by atoms with van der Waals surface area (Å²) in [6, 6.07) is 0. The van der Waals surface area contributed by atoms with E-state index in [-0.39, 0.29) is 6.61 Å². The fraction of sp³-hybridized carbons (Fsp3) is 0.778. The number of hydrogen-bond donors (Lipinski definition) is 0. The second kappa shape index (κ2) is 5.70. The number of ether oxygens (including phenoxy) is 1. The predicted molar refractivity (Wildman–Crippen MR) is 46.2 cm³/mol. The number of allylic oxidation sites excluding steroid dienone is 1. The van der Waals surface area contributed by atoms with E-state index in [1.807, 2.05) is 0 Å². The van der Waals surface area contributed by atoms with Crippen molar-refractivity contribution in [3.63, 3.8) is 0 Å². The summed E-state index contributed by atoms with van der Waals surface area (Å²) in [5.74, 6) is -11.4. The van der Waals surface area contributed by atoms with Gasteiger partial charge in [0.25, 0.3) is 0 Å². The average molecular weight is 268 g/mol. The summed E-state index contributed by atoms with van der Waals surface area (Å²) < 4.78 is 89.4. The van der Waals surface area contributed by atoms with Gasteiger partial charge >= 0.3 is 18.0 Å². The zero-order valence-corrected chi connectivity index (χ0v) is 8.83. The van der Waals surface area contributed by atoms with Crippen LogP contribution in [0.4, 0.5) is 30.7 Å². The van der Waals surface area contributed by atoms with Crippen LogP contribution in [0.3, 0.4) is 0 Å². The molecule has 8 heteroatoms. The van der Waals surface area contributed by atoms with Gasteiger partial charge in [-0.15, -0.1) is 0 Å². The molecule has 1 nitrogen and oxygen atoms in total. The average Bonchev–Trinajstić information content (AvgIpc) is 2.15. The highest BCUT2D eigenvalue weighted by molar-refractivity contribution is 5.05. The van der Waals surface area contributed by atoms with Crippen LogP contribution in [-0.4, -0.2) is 31.2 Å². The van der Waals surface area contributed by atoms with Gasteiger partial charge in [-0.2, -0.15) is 30.7 Å². The van der Waals surface area contributed by atoms with E-state index >= 15 is 0 Å². The molecule has 0 fully saturated rings. The first kappa shape index (κ1) is 16.2. The Balaban J connectivity index is 4.56. The molecular weight excluding hydrogens is 257 g/mol. The minimum Gasteiger partial charge on any atom is -0.377 e. The van der Waals surface area contributed by atoms with Gasteiger partial charge in [0.05, 0.1) is 6.61 Å². The maximum atomic E-state index is 12.6. The first-order chi connectivity index (χ1) is 7.56. The van der Waals surface area contributed by atoms with E-state index in [1.54, 1.807) is 6.92 Å². The van der Waals surface area contributed by atoms with Gasteiger partial charge in [-0.05, 0) is 12.5 Å². The fourth-order valence-electron chi connectivity index (χ4n) is 0.785. The summed E-state index contributed by atoms with van der Waals surface area (Å²) in [5, 5.41) is 0. The standard InChI is InChI=1S/C9H11F7O/c1-2-5-17-6-3-4-7(10,11)8(12,13)9(14,15)16/h3-4H,2,5-6H2,1H3/b4-3+. The lowest BCUT2D eigenvalue weighted by Gasteiger charge is -2.25. The highest BCUT2D eigenvalue weighted by Gasteiger charge is 2.71. The van der Waals surface area contributed by atoms with Crippen molar-refractivity contribution >= 4 is 0 Å². The molecule has 0 aliphatic carbocycles. The molecule has 0 N–H and O–H groups in total. The lowest BCUT2D eigenvalue weighted by Crippen LogP contribution is -2.50. The first-order valence-corrected chi connectivity index (χ1v) is 4.64. The van der Waals surface area contributed by atoms with Crippen LogP contribution in [0.25, 0.3) is 0 Å². The van der Waals surface area contributed by atoms with Gasteiger partial charge in [0.1, 0.15) is 0 Å². The van der Waals surface area contributed by atoms with Crippen molar-refractivity contribution in [3.8, 4) is 0 Å². The number of halogens is 7. The van der Waals surface area contributed by atoms with E-state index in [0.29, 0.717) is 12.5 Å². The lowest BCUT2D eigenvalue weighted by atomic mass is 10.1. The minimum absolute atomic E-state index is 0.200. The van der Waals surface area contributed by atoms with Gasteiger partial charge < -0.3 is 4.74 Å². The molecule has 0 spiro atoms. The molecule has 0 bridgehead atoms. The molecule has 0 aliphatic heterocycles. The van der Waals surface area contributed by atoms with Crippen molar-refractivity contribution in [1.82, 2.24) is 0 Å². The molecule has 0 aromatic heterocycles. The van der Waals surface area contributed by atoms with E-state index in [4.69, 9.17) is 0 Å². The van der Waals surface area contributed by atoms with E-state index in [9.17, 15) is 30.7 Å². The molecule has 0 atom stereocenters. The molecule has 102 valence electrons. The van der Waals surface area contributed by atoms with Gasteiger partial charge in [0, 0.05) is 6.61 Å². The molecule has 0 heterocycles. The molecule has 0 radical (unpaired) electrons. The summed E-state index contributed by atoms with van der Waals surface area (Å²) in [6.45, 7) is 1.47. The van der Waals surface area contributed by atoms with Crippen LogP contribution in [0.5, 0.6) is 0 Å². The van der Waals surface area contributed by atoms with Crippen molar-refractivity contribution in [2.75, 3.05) is 13.2 Å². The fourth-order valence-corrected chi connectivity index (χ4v) is 0.785. The molecular formula is C9H11F7O. The van der Waals surface area contributed by atoms with Crippen LogP contribution in [0.2, 0.25) is 0 Å². The monoisotopic (exact) mass is 268 g/mol. The minimum atomic E-state index is -6.30. The Hall–Kier alpha value is -0.790. The highest BCUT2D eigenvalue weighted by Crippen LogP contribution is 2.46. The number of hydrogen-bond acceptors (Lipinski definition) is 1. The van der Waals surface area contributed by atoms with Gasteiger partial charge in [-0.1, -0.05) is 13.0 Å². The van der Waals surface area contributed by atoms with Crippen LogP contribution >= 0.6 is 0 Å². The first-order valence-electron chi connectivity index (χ1n) is 4.64. The SMILES string of the molecule is CCCOC/C=C/C(F)(F)C(F)(F)C(F)(F)F. The maximum Gasteiger partial charge on any atom is 0.460 e. The van der Waals surface area contributed by atoms with Gasteiger partial charge in [-0.25, -0.2) is 0 Å². The zero-order valence-electron chi connectivity index (χ0n) is 8.83. The van der Waals surface area contributed by atoms with Crippen molar-refractivity contribution in [2.45, 2.75) is 31.4 Å². The summed E-state index contributed by atoms with van der Waals surface area (Å²) in [4.78, 5) is 0. The number of alkyl halides is 7. The third-order valence-electron chi connectivity index (χ3n) is 1.66. The summed E-state index contributed by atoms with van der Waals surface area (Å²) in [5.41, 5.74) is 0. The van der Waals surface area contributed by atoms with Crippen molar-refractivity contribution in [2.24, 2.45) is 0 Å². The third-order valence-corrected chi connectivity index (χ3v) is 1.66. The second-order valence-corrected chi connectivity index (χ2v) is 3.17. The molecule has 0 aromatic rings. The molecule has 0 rings (SSSR count). The van der Waals surface area contributed by atoms with Crippen LogP contribution < -0.4 is 0 Å². The Labute approximate surface area is 93.2 Å². The van der Waals surface area contributed by atoms with Crippen LogP contribution in [-0.2, 0) is 4.74 Å². The van der Waals surface area contributed by atoms with Crippen molar-refractivity contribution in [3.05, 3.63) is 12.2 Å². The molecule has 0 aliphatic rings. The smallest absolute Gasteiger partial charge is 0.377 e. The molecule has 0 saturated heterocycles. The quantitative estimate of drug-likeness (QED) is 0.404. The Morgan fingerprint density at radius 2 is 1.53 bits per heavy atom. The van der Waals surface area contributed by atoms with Crippen molar-refractivity contribution in [1.29, 1.82) is 0 Å². The van der Waals surface area contributed by atoms with E-state index < -0.39 is 30.7 Å². The molecule has 0 aromatic carbocycles. The summed E-state index contributed by atoms with van der Waals surface area (Å²) in [7, 11) is 0.